The van der Waals surface area contributed by atoms with Gasteiger partial charge in [-0.05, 0) is 62.6 Å². The second-order valence-corrected chi connectivity index (χ2v) is 10.7. The molecule has 1 aliphatic carbocycles. The van der Waals surface area contributed by atoms with Gasteiger partial charge in [-0.2, -0.15) is 0 Å². The molecule has 5 rings (SSSR count). The highest BCUT2D eigenvalue weighted by Crippen LogP contribution is 2.39. The highest BCUT2D eigenvalue weighted by molar-refractivity contribution is 7.88. The molecule has 4 aliphatic rings. The van der Waals surface area contributed by atoms with Gasteiger partial charge in [-0.3, -0.25) is 4.90 Å². The summed E-state index contributed by atoms with van der Waals surface area (Å²) in [5.41, 5.74) is 1.22. The minimum Gasteiger partial charge on any atom is -0.486 e. The van der Waals surface area contributed by atoms with Crippen LogP contribution < -0.4 is 9.46 Å². The van der Waals surface area contributed by atoms with E-state index in [4.69, 9.17) is 9.47 Å². The van der Waals surface area contributed by atoms with Crippen LogP contribution in [0.2, 0.25) is 0 Å². The first kappa shape index (κ1) is 22.0. The molecule has 2 fully saturated rings. The number of piperidine rings is 1. The van der Waals surface area contributed by atoms with Crippen molar-refractivity contribution in [1.82, 2.24) is 9.62 Å². The quantitative estimate of drug-likeness (QED) is 0.749. The number of aliphatic hydroxyl groups is 1. The molecule has 7 nitrogen and oxygen atoms in total. The normalized spacial score (nSPS) is 33.3. The summed E-state index contributed by atoms with van der Waals surface area (Å²) in [6.07, 6.45) is 6.84. The van der Waals surface area contributed by atoms with E-state index in [2.05, 4.69) is 21.8 Å². The van der Waals surface area contributed by atoms with Crippen LogP contribution in [0.1, 0.15) is 50.0 Å². The molecule has 168 valence electrons. The lowest BCUT2D eigenvalue weighted by Crippen LogP contribution is -2.59. The Balaban J connectivity index is 1.62. The molecule has 0 aromatic heterocycles. The van der Waals surface area contributed by atoms with E-state index in [1.54, 1.807) is 0 Å². The molecule has 8 heteroatoms. The Labute approximate surface area is 179 Å². The average molecular weight is 439 g/mol. The first-order valence-corrected chi connectivity index (χ1v) is 13.0. The molecule has 2 bridgehead atoms. The Kier molecular flexibility index (Phi) is 6.99. The summed E-state index contributed by atoms with van der Waals surface area (Å²) in [6.45, 7) is 1.78. The second-order valence-electron chi connectivity index (χ2n) is 8.97. The number of hydrogen-bond acceptors (Lipinski definition) is 6. The third kappa shape index (κ3) is 5.34. The van der Waals surface area contributed by atoms with Crippen molar-refractivity contribution < 1.29 is 23.0 Å². The van der Waals surface area contributed by atoms with Crippen LogP contribution in [-0.2, 0) is 14.8 Å². The molecular formula is C22H34N2O5S. The monoisotopic (exact) mass is 438 g/mol. The summed E-state index contributed by atoms with van der Waals surface area (Å²) in [6, 6.07) is 7.92. The first-order chi connectivity index (χ1) is 14.4. The first-order valence-electron chi connectivity index (χ1n) is 11.1. The zero-order chi connectivity index (χ0) is 21.1. The molecule has 1 saturated carbocycles. The molecule has 0 amide bonds. The van der Waals surface area contributed by atoms with Gasteiger partial charge < -0.3 is 14.6 Å². The zero-order valence-corrected chi connectivity index (χ0v) is 18.5. The summed E-state index contributed by atoms with van der Waals surface area (Å²) >= 11 is 0. The number of fused-ring (bicyclic) bond motifs is 5. The van der Waals surface area contributed by atoms with Gasteiger partial charge in [-0.15, -0.1) is 0 Å². The fourth-order valence-corrected chi connectivity index (χ4v) is 6.09. The van der Waals surface area contributed by atoms with Crippen LogP contribution in [0.4, 0.5) is 0 Å². The Hall–Kier alpha value is -1.19. The predicted octanol–water partition coefficient (Wildman–Crippen LogP) is 1.86. The highest BCUT2D eigenvalue weighted by atomic mass is 32.2. The van der Waals surface area contributed by atoms with Crippen molar-refractivity contribution in [1.29, 1.82) is 0 Å². The SMILES string of the molecule is CS(=O)(=O)N[C@H]1CCCN2C[C@@H](CO)Oc3ccccc3C3CCC(CC3)OCC12. The van der Waals surface area contributed by atoms with Gasteiger partial charge in [0.2, 0.25) is 10.0 Å². The minimum atomic E-state index is -3.31. The van der Waals surface area contributed by atoms with E-state index in [0.717, 1.165) is 50.8 Å². The lowest BCUT2D eigenvalue weighted by molar-refractivity contribution is -0.0367. The molecule has 3 heterocycles. The summed E-state index contributed by atoms with van der Waals surface area (Å²) < 4.78 is 39.4. The van der Waals surface area contributed by atoms with Gasteiger partial charge in [0.05, 0.1) is 25.6 Å². The molecule has 1 aromatic carbocycles. The molecule has 0 radical (unpaired) electrons. The van der Waals surface area contributed by atoms with E-state index in [0.29, 0.717) is 19.1 Å². The van der Waals surface area contributed by atoms with Crippen LogP contribution in [0.25, 0.3) is 0 Å². The molecule has 1 aromatic rings. The maximum Gasteiger partial charge on any atom is 0.209 e. The van der Waals surface area contributed by atoms with Crippen LogP contribution in [0, 0.1) is 0 Å². The number of sulfonamides is 1. The average Bonchev–Trinajstić information content (AvgIpc) is 2.74. The van der Waals surface area contributed by atoms with Crippen LogP contribution in [0.5, 0.6) is 5.75 Å². The third-order valence-electron chi connectivity index (χ3n) is 6.73. The van der Waals surface area contributed by atoms with Gasteiger partial charge >= 0.3 is 0 Å². The largest absolute Gasteiger partial charge is 0.486 e. The van der Waals surface area contributed by atoms with Gasteiger partial charge in [-0.25, -0.2) is 13.1 Å². The van der Waals surface area contributed by atoms with Crippen molar-refractivity contribution in [3.8, 4) is 5.75 Å². The van der Waals surface area contributed by atoms with Crippen molar-refractivity contribution in [2.45, 2.75) is 68.7 Å². The summed E-state index contributed by atoms with van der Waals surface area (Å²) in [5, 5.41) is 10.1. The molecule has 0 spiro atoms. The summed E-state index contributed by atoms with van der Waals surface area (Å²) in [5.74, 6) is 1.31. The number of para-hydroxylation sites is 1. The van der Waals surface area contributed by atoms with Gasteiger partial charge in [-0.1, -0.05) is 18.2 Å². The molecular weight excluding hydrogens is 404 g/mol. The van der Waals surface area contributed by atoms with Crippen molar-refractivity contribution in [2.75, 3.05) is 32.6 Å². The standard InChI is InChI=1S/C22H34N2O5S/c1-30(26,27)23-20-6-4-12-24-13-18(14-25)29-22-7-3-2-5-19(22)16-8-10-17(11-9-16)28-15-21(20)24/h2-3,5,7,16-18,20-21,23,25H,4,6,8-15H2,1H3/t16?,17?,18-,20-,21?/m0/s1. The number of rotatable bonds is 3. The van der Waals surface area contributed by atoms with Crippen LogP contribution in [0.3, 0.4) is 0 Å². The van der Waals surface area contributed by atoms with E-state index < -0.39 is 10.0 Å². The Morgan fingerprint density at radius 1 is 1.17 bits per heavy atom. The number of aliphatic hydroxyl groups excluding tert-OH is 1. The minimum absolute atomic E-state index is 0.0696. The van der Waals surface area contributed by atoms with Gasteiger partial charge in [0.25, 0.3) is 0 Å². The third-order valence-corrected chi connectivity index (χ3v) is 7.46. The predicted molar refractivity (Wildman–Crippen MR) is 115 cm³/mol. The number of benzene rings is 1. The molecule has 3 aliphatic heterocycles. The van der Waals surface area contributed by atoms with Crippen LogP contribution >= 0.6 is 0 Å². The lowest BCUT2D eigenvalue weighted by Gasteiger charge is -2.42. The molecule has 3 atom stereocenters. The smallest absolute Gasteiger partial charge is 0.209 e. The van der Waals surface area contributed by atoms with Gasteiger partial charge in [0.1, 0.15) is 11.9 Å². The maximum atomic E-state index is 11.9. The molecule has 1 saturated heterocycles. The Morgan fingerprint density at radius 3 is 2.67 bits per heavy atom. The second kappa shape index (κ2) is 9.53. The molecule has 2 N–H and O–H groups in total. The fraction of sp³-hybridized carbons (Fsp3) is 0.727. The van der Waals surface area contributed by atoms with Crippen molar-refractivity contribution in [3.63, 3.8) is 0 Å². The van der Waals surface area contributed by atoms with Crippen molar-refractivity contribution in [2.24, 2.45) is 0 Å². The molecule has 1 unspecified atom stereocenters. The lowest BCUT2D eigenvalue weighted by atomic mass is 9.82. The fourth-order valence-electron chi connectivity index (χ4n) is 5.26. The summed E-state index contributed by atoms with van der Waals surface area (Å²) in [4.78, 5) is 2.24. The maximum absolute atomic E-state index is 11.9. The highest BCUT2D eigenvalue weighted by Gasteiger charge is 2.36. The number of ether oxygens (including phenoxy) is 2. The van der Waals surface area contributed by atoms with Gasteiger partial charge in [0, 0.05) is 18.6 Å². The van der Waals surface area contributed by atoms with Gasteiger partial charge in [0.15, 0.2) is 0 Å². The molecule has 30 heavy (non-hydrogen) atoms. The number of hydrogen-bond donors (Lipinski definition) is 2. The zero-order valence-electron chi connectivity index (χ0n) is 17.7. The van der Waals surface area contributed by atoms with E-state index >= 15 is 0 Å². The Bertz CT molecular complexity index is 810. The van der Waals surface area contributed by atoms with Crippen molar-refractivity contribution in [3.05, 3.63) is 29.8 Å². The Morgan fingerprint density at radius 2 is 1.93 bits per heavy atom. The van der Waals surface area contributed by atoms with E-state index in [-0.39, 0.29) is 30.9 Å². The van der Waals surface area contributed by atoms with Crippen LogP contribution in [0.15, 0.2) is 24.3 Å². The summed E-state index contributed by atoms with van der Waals surface area (Å²) in [7, 11) is -3.31. The topological polar surface area (TPSA) is 88.1 Å². The van der Waals surface area contributed by atoms with Crippen LogP contribution in [-0.4, -0.2) is 75.3 Å². The van der Waals surface area contributed by atoms with E-state index in [9.17, 15) is 13.5 Å². The number of nitrogens with zero attached hydrogens (tertiary/aromatic N) is 1. The number of nitrogens with one attached hydrogen (secondary N) is 1. The van der Waals surface area contributed by atoms with Crippen molar-refractivity contribution >= 4 is 10.0 Å². The van der Waals surface area contributed by atoms with E-state index in [1.165, 1.54) is 11.8 Å². The van der Waals surface area contributed by atoms with E-state index in [1.807, 2.05) is 12.1 Å².